The zero-order valence-electron chi connectivity index (χ0n) is 8.48. The van der Waals surface area contributed by atoms with Crippen LogP contribution >= 0.6 is 23.6 Å². The Hall–Kier alpha value is 0.496. The largest absolute Gasteiger partial charge is 1.00 e. The molecule has 0 saturated heterocycles. The minimum atomic E-state index is -0.268. The molecule has 0 bridgehead atoms. The first kappa shape index (κ1) is 13.6. The van der Waals surface area contributed by atoms with Gasteiger partial charge >= 0.3 is 51.4 Å². The first-order chi connectivity index (χ1) is 6.63. The summed E-state index contributed by atoms with van der Waals surface area (Å²) in [5.41, 5.74) is 0. The summed E-state index contributed by atoms with van der Waals surface area (Å²) in [5.74, 6) is 5.17. The standard InChI is InChI=1S/C8H9N3OS2.K/c1-2-4-3-5-6(14-4)10-8(13)11(9)7(5)12;/h3,12H,2,9H2,1H3;/q;+1/p-1. The third-order valence-corrected chi connectivity index (χ3v) is 3.43. The third-order valence-electron chi connectivity index (χ3n) is 1.96. The summed E-state index contributed by atoms with van der Waals surface area (Å²) in [5, 5.41) is 12.2. The quantitative estimate of drug-likeness (QED) is 0.375. The van der Waals surface area contributed by atoms with Crippen molar-refractivity contribution < 1.29 is 56.5 Å². The number of aryl methyl sites for hydroxylation is 1. The number of hydrogen-bond acceptors (Lipinski definition) is 5. The Bertz CT molecular complexity index is 549. The van der Waals surface area contributed by atoms with Crippen LogP contribution in [0.5, 0.6) is 5.88 Å². The summed E-state index contributed by atoms with van der Waals surface area (Å²) >= 11 is 6.33. The van der Waals surface area contributed by atoms with E-state index in [-0.39, 0.29) is 62.0 Å². The van der Waals surface area contributed by atoms with E-state index in [1.165, 1.54) is 11.3 Å². The van der Waals surface area contributed by atoms with Crippen molar-refractivity contribution >= 4 is 33.8 Å². The molecule has 0 spiro atoms. The van der Waals surface area contributed by atoms with Crippen molar-refractivity contribution in [3.63, 3.8) is 0 Å². The molecule has 2 heterocycles. The van der Waals surface area contributed by atoms with Crippen molar-refractivity contribution in [2.24, 2.45) is 0 Å². The summed E-state index contributed by atoms with van der Waals surface area (Å²) in [4.78, 5) is 5.87. The molecule has 7 heteroatoms. The van der Waals surface area contributed by atoms with E-state index >= 15 is 0 Å². The molecule has 0 aliphatic carbocycles. The number of rotatable bonds is 1. The van der Waals surface area contributed by atoms with Crippen molar-refractivity contribution in [3.8, 4) is 5.88 Å². The Balaban J connectivity index is 0.00000112. The van der Waals surface area contributed by atoms with Crippen molar-refractivity contribution in [3.05, 3.63) is 15.7 Å². The minimum absolute atomic E-state index is 0. The van der Waals surface area contributed by atoms with Crippen LogP contribution in [0, 0.1) is 4.77 Å². The summed E-state index contributed by atoms with van der Waals surface area (Å²) in [6, 6.07) is 1.83. The van der Waals surface area contributed by atoms with E-state index in [0.29, 0.717) is 10.2 Å². The number of nitrogen functional groups attached to an aromatic ring is 1. The number of aromatic nitrogens is 2. The fraction of sp³-hybridized carbons (Fsp3) is 0.250. The molecule has 0 aliphatic rings. The van der Waals surface area contributed by atoms with Gasteiger partial charge in [0.1, 0.15) is 4.83 Å². The SMILES string of the molecule is CCc1cc2c([O-])n(N)c(=S)nc2s1.[K+]. The van der Waals surface area contributed by atoms with Crippen LogP contribution in [0.4, 0.5) is 0 Å². The molecular weight excluding hydrogens is 257 g/mol. The van der Waals surface area contributed by atoms with Crippen LogP contribution in [-0.2, 0) is 6.42 Å². The van der Waals surface area contributed by atoms with Gasteiger partial charge in [-0.15, -0.1) is 11.3 Å². The Morgan fingerprint density at radius 3 is 2.93 bits per heavy atom. The molecule has 0 saturated carbocycles. The third kappa shape index (κ3) is 2.43. The second-order valence-electron chi connectivity index (χ2n) is 2.85. The van der Waals surface area contributed by atoms with Gasteiger partial charge in [0.05, 0.1) is 0 Å². The molecule has 2 N–H and O–H groups in total. The Morgan fingerprint density at radius 2 is 2.33 bits per heavy atom. The molecule has 0 unspecified atom stereocenters. The molecule has 2 rings (SSSR count). The van der Waals surface area contributed by atoms with Crippen molar-refractivity contribution in [1.29, 1.82) is 0 Å². The Morgan fingerprint density at radius 1 is 1.67 bits per heavy atom. The number of hydrogen-bond donors (Lipinski definition) is 1. The van der Waals surface area contributed by atoms with Gasteiger partial charge in [-0.05, 0) is 30.6 Å². The fourth-order valence-corrected chi connectivity index (χ4v) is 2.39. The molecule has 0 fully saturated rings. The van der Waals surface area contributed by atoms with E-state index in [2.05, 4.69) is 4.98 Å². The average Bonchev–Trinajstić information content (AvgIpc) is 2.57. The van der Waals surface area contributed by atoms with Crippen molar-refractivity contribution in [2.45, 2.75) is 13.3 Å². The van der Waals surface area contributed by atoms with Gasteiger partial charge in [-0.3, -0.25) is 0 Å². The van der Waals surface area contributed by atoms with Gasteiger partial charge in [0.25, 0.3) is 0 Å². The smallest absolute Gasteiger partial charge is 0.858 e. The van der Waals surface area contributed by atoms with Crippen LogP contribution in [0.2, 0.25) is 0 Å². The Labute approximate surface area is 139 Å². The Kier molecular flexibility index (Phi) is 4.72. The predicted octanol–water partition coefficient (Wildman–Crippen LogP) is -1.82. The summed E-state index contributed by atoms with van der Waals surface area (Å²) < 4.78 is 1.04. The summed E-state index contributed by atoms with van der Waals surface area (Å²) in [6.45, 7) is 2.03. The minimum Gasteiger partial charge on any atom is -0.858 e. The van der Waals surface area contributed by atoms with Gasteiger partial charge in [-0.2, -0.15) is 0 Å². The number of nitrogens with two attached hydrogens (primary N) is 1. The first-order valence-electron chi connectivity index (χ1n) is 4.11. The van der Waals surface area contributed by atoms with Crippen molar-refractivity contribution in [2.75, 3.05) is 5.84 Å². The maximum absolute atomic E-state index is 11.6. The van der Waals surface area contributed by atoms with Gasteiger partial charge in [0, 0.05) is 10.3 Å². The molecule has 0 aromatic carbocycles. The van der Waals surface area contributed by atoms with E-state index in [9.17, 15) is 5.11 Å². The maximum atomic E-state index is 11.6. The molecule has 2 aromatic heterocycles. The van der Waals surface area contributed by atoms with Gasteiger partial charge in [0.15, 0.2) is 0 Å². The van der Waals surface area contributed by atoms with Crippen LogP contribution < -0.4 is 62.3 Å². The van der Waals surface area contributed by atoms with E-state index in [4.69, 9.17) is 18.1 Å². The first-order valence-corrected chi connectivity index (χ1v) is 5.33. The molecular formula is C8H8KN3OS2. The predicted molar refractivity (Wildman–Crippen MR) is 57.4 cm³/mol. The molecule has 0 radical (unpaired) electrons. The number of thiophene rings is 1. The zero-order chi connectivity index (χ0) is 10.3. The molecule has 74 valence electrons. The zero-order valence-corrected chi connectivity index (χ0v) is 13.2. The average molecular weight is 265 g/mol. The number of fused-ring (bicyclic) bond motifs is 1. The summed E-state index contributed by atoms with van der Waals surface area (Å²) in [7, 11) is 0. The molecule has 15 heavy (non-hydrogen) atoms. The molecule has 0 atom stereocenters. The number of nitrogens with zero attached hydrogens (tertiary/aromatic N) is 2. The van der Waals surface area contributed by atoms with Gasteiger partial charge in [-0.1, -0.05) is 6.92 Å². The maximum Gasteiger partial charge on any atom is 1.00 e. The van der Waals surface area contributed by atoms with Crippen LogP contribution in [0.25, 0.3) is 10.2 Å². The van der Waals surface area contributed by atoms with Crippen LogP contribution in [0.3, 0.4) is 0 Å². The fourth-order valence-electron chi connectivity index (χ4n) is 1.20. The van der Waals surface area contributed by atoms with E-state index in [1.54, 1.807) is 0 Å². The van der Waals surface area contributed by atoms with Crippen LogP contribution in [-0.4, -0.2) is 9.66 Å². The molecule has 0 amide bonds. The molecule has 2 aromatic rings. The molecule has 0 aliphatic heterocycles. The van der Waals surface area contributed by atoms with E-state index in [1.807, 2.05) is 13.0 Å². The second-order valence-corrected chi connectivity index (χ2v) is 4.33. The monoisotopic (exact) mass is 265 g/mol. The summed E-state index contributed by atoms with van der Waals surface area (Å²) in [6.07, 6.45) is 0.887. The normalized spacial score (nSPS) is 10.2. The van der Waals surface area contributed by atoms with E-state index < -0.39 is 0 Å². The second kappa shape index (κ2) is 5.22. The van der Waals surface area contributed by atoms with Gasteiger partial charge in [0.2, 0.25) is 4.77 Å². The topological polar surface area (TPSA) is 66.9 Å². The van der Waals surface area contributed by atoms with E-state index in [0.717, 1.165) is 16.0 Å². The van der Waals surface area contributed by atoms with Gasteiger partial charge < -0.3 is 10.9 Å². The van der Waals surface area contributed by atoms with Crippen molar-refractivity contribution in [1.82, 2.24) is 9.66 Å². The van der Waals surface area contributed by atoms with Crippen LogP contribution in [0.1, 0.15) is 11.8 Å². The van der Waals surface area contributed by atoms with Crippen LogP contribution in [0.15, 0.2) is 6.07 Å². The molecule has 4 nitrogen and oxygen atoms in total. The van der Waals surface area contributed by atoms with Gasteiger partial charge in [-0.25, -0.2) is 9.66 Å².